The van der Waals surface area contributed by atoms with Gasteiger partial charge in [0.05, 0.1) is 24.6 Å². The van der Waals surface area contributed by atoms with Crippen LogP contribution in [0.1, 0.15) is 12.0 Å². The number of nitrogens with zero attached hydrogens (tertiary/aromatic N) is 2. The average Bonchev–Trinajstić information content (AvgIpc) is 2.71. The molecular formula is C20H20FN3O3S. The third-order valence-corrected chi connectivity index (χ3v) is 5.42. The molecule has 2 aromatic rings. The highest BCUT2D eigenvalue weighted by molar-refractivity contribution is 8.15. The molecule has 1 aliphatic heterocycles. The Morgan fingerprint density at radius 3 is 2.54 bits per heavy atom. The first-order valence-corrected chi connectivity index (χ1v) is 9.54. The van der Waals surface area contributed by atoms with Gasteiger partial charge in [-0.1, -0.05) is 23.9 Å². The van der Waals surface area contributed by atoms with Crippen LogP contribution in [0.25, 0.3) is 0 Å². The predicted molar refractivity (Wildman–Crippen MR) is 107 cm³/mol. The third kappa shape index (κ3) is 4.69. The fraction of sp³-hybridized carbons (Fsp3) is 0.250. The van der Waals surface area contributed by atoms with E-state index in [2.05, 4.69) is 10.3 Å². The molecule has 1 atom stereocenters. The van der Waals surface area contributed by atoms with Gasteiger partial charge in [0.2, 0.25) is 11.8 Å². The zero-order chi connectivity index (χ0) is 20.1. The van der Waals surface area contributed by atoms with E-state index in [1.807, 2.05) is 24.3 Å². The molecular weight excluding hydrogens is 381 g/mol. The van der Waals surface area contributed by atoms with Crippen molar-refractivity contribution in [2.75, 3.05) is 14.2 Å². The van der Waals surface area contributed by atoms with Crippen LogP contribution in [0.15, 0.2) is 53.5 Å². The van der Waals surface area contributed by atoms with E-state index >= 15 is 0 Å². The van der Waals surface area contributed by atoms with Crippen molar-refractivity contribution >= 4 is 34.4 Å². The molecule has 0 aromatic heterocycles. The highest BCUT2D eigenvalue weighted by Gasteiger charge is 2.35. The maximum absolute atomic E-state index is 13.2. The van der Waals surface area contributed by atoms with Gasteiger partial charge in [0.1, 0.15) is 11.6 Å². The van der Waals surface area contributed by atoms with E-state index in [0.717, 1.165) is 11.3 Å². The Morgan fingerprint density at radius 2 is 1.93 bits per heavy atom. The van der Waals surface area contributed by atoms with Gasteiger partial charge in [0, 0.05) is 13.5 Å². The second kappa shape index (κ2) is 8.88. The molecule has 1 fully saturated rings. The second-order valence-electron chi connectivity index (χ2n) is 6.12. The number of amides is 2. The van der Waals surface area contributed by atoms with Crippen LogP contribution in [-0.2, 0) is 16.1 Å². The smallest absolute Gasteiger partial charge is 0.233 e. The van der Waals surface area contributed by atoms with Gasteiger partial charge >= 0.3 is 0 Å². The number of ether oxygens (including phenoxy) is 1. The molecule has 0 bridgehead atoms. The standard InChI is InChI=1S/C20H20FN3O3S/c1-22-19(26)17-11-18(25)24(12-13-3-9-16(27-2)10-4-13)20(28-17)23-15-7-5-14(21)6-8-15/h3-10,17H,11-12H2,1-2H3,(H,22,26)/t17-/m0/s1. The van der Waals surface area contributed by atoms with E-state index in [0.29, 0.717) is 17.4 Å². The predicted octanol–water partition coefficient (Wildman–Crippen LogP) is 3.10. The number of benzene rings is 2. The van der Waals surface area contributed by atoms with Gasteiger partial charge in [-0.3, -0.25) is 14.5 Å². The van der Waals surface area contributed by atoms with Gasteiger partial charge in [-0.25, -0.2) is 9.38 Å². The molecule has 146 valence electrons. The Kier molecular flexibility index (Phi) is 6.30. The Bertz CT molecular complexity index is 885. The van der Waals surface area contributed by atoms with Crippen LogP contribution in [0.4, 0.5) is 10.1 Å². The minimum Gasteiger partial charge on any atom is -0.497 e. The number of hydrogen-bond donors (Lipinski definition) is 1. The third-order valence-electron chi connectivity index (χ3n) is 4.23. The number of amidine groups is 1. The SMILES string of the molecule is CNC(=O)[C@@H]1CC(=O)N(Cc2ccc(OC)cc2)C(=Nc2ccc(F)cc2)S1. The molecule has 8 heteroatoms. The number of carbonyl (C=O) groups excluding carboxylic acids is 2. The van der Waals surface area contributed by atoms with Gasteiger partial charge < -0.3 is 10.1 Å². The first kappa shape index (κ1) is 19.9. The van der Waals surface area contributed by atoms with E-state index in [4.69, 9.17) is 4.74 Å². The van der Waals surface area contributed by atoms with Crippen LogP contribution >= 0.6 is 11.8 Å². The zero-order valence-corrected chi connectivity index (χ0v) is 16.3. The Morgan fingerprint density at radius 1 is 1.25 bits per heavy atom. The molecule has 2 amide bonds. The van der Waals surface area contributed by atoms with Crippen molar-refractivity contribution in [3.8, 4) is 5.75 Å². The largest absolute Gasteiger partial charge is 0.497 e. The van der Waals surface area contributed by atoms with Gasteiger partial charge in [0.25, 0.3) is 0 Å². The summed E-state index contributed by atoms with van der Waals surface area (Å²) >= 11 is 1.23. The second-order valence-corrected chi connectivity index (χ2v) is 7.29. The van der Waals surface area contributed by atoms with E-state index in [1.54, 1.807) is 12.0 Å². The molecule has 3 rings (SSSR count). The molecule has 1 saturated heterocycles. The Labute approximate surface area is 166 Å². The van der Waals surface area contributed by atoms with Crippen LogP contribution in [0.5, 0.6) is 5.75 Å². The summed E-state index contributed by atoms with van der Waals surface area (Å²) in [6, 6.07) is 13.1. The van der Waals surface area contributed by atoms with Crippen molar-refractivity contribution in [3.05, 3.63) is 59.9 Å². The lowest BCUT2D eigenvalue weighted by atomic mass is 10.2. The number of hydrogen-bond acceptors (Lipinski definition) is 5. The maximum atomic E-state index is 13.2. The van der Waals surface area contributed by atoms with Crippen molar-refractivity contribution in [2.45, 2.75) is 18.2 Å². The summed E-state index contributed by atoms with van der Waals surface area (Å²) < 4.78 is 18.3. The highest BCUT2D eigenvalue weighted by Crippen LogP contribution is 2.30. The molecule has 1 heterocycles. The Hall–Kier alpha value is -2.87. The molecule has 0 spiro atoms. The van der Waals surface area contributed by atoms with Crippen LogP contribution in [-0.4, -0.2) is 41.3 Å². The number of rotatable bonds is 5. The van der Waals surface area contributed by atoms with Crippen molar-refractivity contribution in [3.63, 3.8) is 0 Å². The van der Waals surface area contributed by atoms with Crippen molar-refractivity contribution < 1.29 is 18.7 Å². The highest BCUT2D eigenvalue weighted by atomic mass is 32.2. The maximum Gasteiger partial charge on any atom is 0.233 e. The van der Waals surface area contributed by atoms with E-state index in [9.17, 15) is 14.0 Å². The minimum absolute atomic E-state index is 0.0862. The number of nitrogens with one attached hydrogen (secondary N) is 1. The van der Waals surface area contributed by atoms with Crippen LogP contribution in [0.3, 0.4) is 0 Å². The van der Waals surface area contributed by atoms with Crippen LogP contribution in [0.2, 0.25) is 0 Å². The molecule has 0 aliphatic carbocycles. The molecule has 1 N–H and O–H groups in total. The van der Waals surface area contributed by atoms with Crippen molar-refractivity contribution in [1.29, 1.82) is 0 Å². The lowest BCUT2D eigenvalue weighted by Crippen LogP contribution is -2.45. The summed E-state index contributed by atoms with van der Waals surface area (Å²) in [5.74, 6) is -0.0593. The summed E-state index contributed by atoms with van der Waals surface area (Å²) in [5.41, 5.74) is 1.41. The number of aliphatic imine (C=N–C) groups is 1. The van der Waals surface area contributed by atoms with Gasteiger partial charge in [-0.15, -0.1) is 0 Å². The lowest BCUT2D eigenvalue weighted by Gasteiger charge is -2.31. The van der Waals surface area contributed by atoms with Gasteiger partial charge in [-0.2, -0.15) is 0 Å². The van der Waals surface area contributed by atoms with Crippen molar-refractivity contribution in [2.24, 2.45) is 4.99 Å². The average molecular weight is 401 g/mol. The molecule has 1 aliphatic rings. The molecule has 6 nitrogen and oxygen atoms in total. The van der Waals surface area contributed by atoms with E-state index < -0.39 is 5.25 Å². The summed E-state index contributed by atoms with van der Waals surface area (Å²) in [7, 11) is 3.13. The number of methoxy groups -OCH3 is 1. The zero-order valence-electron chi connectivity index (χ0n) is 15.5. The number of halogens is 1. The summed E-state index contributed by atoms with van der Waals surface area (Å²) in [4.78, 5) is 30.9. The normalized spacial score (nSPS) is 18.2. The van der Waals surface area contributed by atoms with E-state index in [1.165, 1.54) is 43.1 Å². The quantitative estimate of drug-likeness (QED) is 0.836. The van der Waals surface area contributed by atoms with Crippen LogP contribution in [0, 0.1) is 5.82 Å². The molecule has 0 saturated carbocycles. The van der Waals surface area contributed by atoms with Crippen molar-refractivity contribution in [1.82, 2.24) is 10.2 Å². The fourth-order valence-corrected chi connectivity index (χ4v) is 3.85. The minimum atomic E-state index is -0.552. The molecule has 2 aromatic carbocycles. The summed E-state index contributed by atoms with van der Waals surface area (Å²) in [6.45, 7) is 0.316. The van der Waals surface area contributed by atoms with Gasteiger partial charge in [0.15, 0.2) is 5.17 Å². The fourth-order valence-electron chi connectivity index (χ4n) is 2.70. The molecule has 0 radical (unpaired) electrons. The monoisotopic (exact) mass is 401 g/mol. The number of carbonyl (C=O) groups is 2. The van der Waals surface area contributed by atoms with Crippen LogP contribution < -0.4 is 10.1 Å². The topological polar surface area (TPSA) is 71.0 Å². The lowest BCUT2D eigenvalue weighted by molar-refractivity contribution is -0.130. The molecule has 28 heavy (non-hydrogen) atoms. The number of thioether (sulfide) groups is 1. The summed E-state index contributed by atoms with van der Waals surface area (Å²) in [6.07, 6.45) is 0.0862. The first-order chi connectivity index (χ1) is 13.5. The molecule has 0 unspecified atom stereocenters. The summed E-state index contributed by atoms with van der Waals surface area (Å²) in [5, 5.41) is 2.43. The Balaban J connectivity index is 1.90. The van der Waals surface area contributed by atoms with E-state index in [-0.39, 0.29) is 24.1 Å². The first-order valence-electron chi connectivity index (χ1n) is 8.66. The van der Waals surface area contributed by atoms with Gasteiger partial charge in [-0.05, 0) is 42.0 Å².